The van der Waals surface area contributed by atoms with Crippen LogP contribution in [0.2, 0.25) is 5.54 Å². The molecule has 0 aliphatic rings. The third kappa shape index (κ3) is 4.53. The van der Waals surface area contributed by atoms with Gasteiger partial charge < -0.3 is 4.43 Å². The molecule has 1 nitrogen and oxygen atoms in total. The Morgan fingerprint density at radius 2 is 1.92 bits per heavy atom. The van der Waals surface area contributed by atoms with Crippen LogP contribution < -0.4 is 0 Å². The molecule has 0 radical (unpaired) electrons. The highest BCUT2D eigenvalue weighted by molar-refractivity contribution is 6.29. The van der Waals surface area contributed by atoms with E-state index in [0.717, 1.165) is 5.54 Å². The summed E-state index contributed by atoms with van der Waals surface area (Å²) in [5.74, 6) is 0. The zero-order valence-electron chi connectivity index (χ0n) is 8.23. The molecule has 1 aromatic carbocycles. The van der Waals surface area contributed by atoms with Crippen LogP contribution in [0.5, 0.6) is 0 Å². The highest BCUT2D eigenvalue weighted by Gasteiger charge is 1.91. The lowest BCUT2D eigenvalue weighted by molar-refractivity contribution is 0.508. The minimum absolute atomic E-state index is 0.357. The van der Waals surface area contributed by atoms with Gasteiger partial charge in [0.2, 0.25) is 9.76 Å². The van der Waals surface area contributed by atoms with Gasteiger partial charge in [0.05, 0.1) is 6.26 Å². The summed E-state index contributed by atoms with van der Waals surface area (Å²) in [7, 11) is -0.357. The second-order valence-electron chi connectivity index (χ2n) is 3.44. The van der Waals surface area contributed by atoms with Crippen molar-refractivity contribution in [3.63, 3.8) is 0 Å². The molecule has 0 unspecified atom stereocenters. The highest BCUT2D eigenvalue weighted by Crippen LogP contribution is 2.02. The Morgan fingerprint density at radius 3 is 2.54 bits per heavy atom. The SMILES string of the molecule is CC(C)[SiH2]OC=Cc1ccccc1. The number of rotatable bonds is 4. The second kappa shape index (κ2) is 5.59. The van der Waals surface area contributed by atoms with Gasteiger partial charge in [-0.05, 0) is 17.2 Å². The largest absolute Gasteiger partial charge is 0.554 e. The average molecular weight is 192 g/mol. The standard InChI is InChI=1S/C11H16OSi/c1-10(2)13-12-9-8-11-6-4-3-5-7-11/h3-10H,13H2,1-2H3. The summed E-state index contributed by atoms with van der Waals surface area (Å²) in [4.78, 5) is 0. The maximum Gasteiger partial charge on any atom is 0.221 e. The van der Waals surface area contributed by atoms with Crippen LogP contribution in [-0.2, 0) is 4.43 Å². The molecule has 0 bridgehead atoms. The van der Waals surface area contributed by atoms with Crippen LogP contribution in [0.3, 0.4) is 0 Å². The van der Waals surface area contributed by atoms with Gasteiger partial charge in [-0.15, -0.1) is 0 Å². The first-order valence-electron chi connectivity index (χ1n) is 4.62. The van der Waals surface area contributed by atoms with Crippen molar-refractivity contribution in [2.75, 3.05) is 0 Å². The molecule has 0 amide bonds. The molecular formula is C11H16OSi. The van der Waals surface area contributed by atoms with Crippen molar-refractivity contribution in [1.82, 2.24) is 0 Å². The quantitative estimate of drug-likeness (QED) is 0.526. The minimum Gasteiger partial charge on any atom is -0.554 e. The van der Waals surface area contributed by atoms with E-state index >= 15 is 0 Å². The van der Waals surface area contributed by atoms with Gasteiger partial charge in [0.15, 0.2) is 0 Å². The molecule has 1 rings (SSSR count). The minimum atomic E-state index is -0.357. The smallest absolute Gasteiger partial charge is 0.221 e. The summed E-state index contributed by atoms with van der Waals surface area (Å²) in [6.07, 6.45) is 3.83. The highest BCUT2D eigenvalue weighted by atomic mass is 28.2. The van der Waals surface area contributed by atoms with Gasteiger partial charge >= 0.3 is 0 Å². The van der Waals surface area contributed by atoms with Gasteiger partial charge in [-0.3, -0.25) is 0 Å². The normalized spacial score (nSPS) is 11.9. The summed E-state index contributed by atoms with van der Waals surface area (Å²) < 4.78 is 5.46. The third-order valence-corrected chi connectivity index (χ3v) is 2.64. The van der Waals surface area contributed by atoms with Crippen molar-refractivity contribution < 1.29 is 4.43 Å². The topological polar surface area (TPSA) is 9.23 Å². The number of benzene rings is 1. The summed E-state index contributed by atoms with van der Waals surface area (Å²) >= 11 is 0. The first-order valence-corrected chi connectivity index (χ1v) is 6.01. The first-order chi connectivity index (χ1) is 6.29. The van der Waals surface area contributed by atoms with E-state index in [4.69, 9.17) is 4.43 Å². The Kier molecular flexibility index (Phi) is 4.33. The molecule has 0 atom stereocenters. The van der Waals surface area contributed by atoms with E-state index in [1.807, 2.05) is 30.5 Å². The van der Waals surface area contributed by atoms with Crippen LogP contribution in [0.25, 0.3) is 6.08 Å². The molecule has 2 heteroatoms. The van der Waals surface area contributed by atoms with Gasteiger partial charge in [0.1, 0.15) is 0 Å². The first kappa shape index (κ1) is 10.1. The maximum atomic E-state index is 5.46. The van der Waals surface area contributed by atoms with Crippen molar-refractivity contribution in [3.8, 4) is 0 Å². The van der Waals surface area contributed by atoms with Crippen molar-refractivity contribution >= 4 is 15.8 Å². The zero-order chi connectivity index (χ0) is 9.52. The Labute approximate surface area is 82.4 Å². The molecule has 0 saturated carbocycles. The molecule has 0 N–H and O–H groups in total. The third-order valence-electron chi connectivity index (χ3n) is 1.59. The average Bonchev–Trinajstić information content (AvgIpc) is 2.14. The molecule has 70 valence electrons. The van der Waals surface area contributed by atoms with Crippen LogP contribution >= 0.6 is 0 Å². The number of hydrogen-bond acceptors (Lipinski definition) is 1. The summed E-state index contributed by atoms with van der Waals surface area (Å²) in [6.45, 7) is 4.39. The molecule has 1 aromatic rings. The van der Waals surface area contributed by atoms with E-state index < -0.39 is 0 Å². The monoisotopic (exact) mass is 192 g/mol. The molecule has 0 spiro atoms. The van der Waals surface area contributed by atoms with Crippen molar-refractivity contribution in [1.29, 1.82) is 0 Å². The van der Waals surface area contributed by atoms with Gasteiger partial charge in [0, 0.05) is 0 Å². The van der Waals surface area contributed by atoms with Crippen LogP contribution in [0.1, 0.15) is 19.4 Å². The lowest BCUT2D eigenvalue weighted by atomic mass is 10.2. The van der Waals surface area contributed by atoms with E-state index in [0.29, 0.717) is 0 Å². The fraction of sp³-hybridized carbons (Fsp3) is 0.273. The fourth-order valence-corrected chi connectivity index (χ4v) is 1.53. The van der Waals surface area contributed by atoms with Gasteiger partial charge in [-0.25, -0.2) is 0 Å². The summed E-state index contributed by atoms with van der Waals surface area (Å²) in [6, 6.07) is 10.2. The molecule has 0 saturated heterocycles. The molecule has 0 aromatic heterocycles. The van der Waals surface area contributed by atoms with Crippen LogP contribution in [-0.4, -0.2) is 9.76 Å². The summed E-state index contributed by atoms with van der Waals surface area (Å²) in [5.41, 5.74) is 1.92. The Morgan fingerprint density at radius 1 is 1.23 bits per heavy atom. The predicted molar refractivity (Wildman–Crippen MR) is 60.2 cm³/mol. The molecule has 0 aliphatic heterocycles. The number of hydrogen-bond donors (Lipinski definition) is 0. The van der Waals surface area contributed by atoms with Gasteiger partial charge in [-0.2, -0.15) is 0 Å². The molecule has 13 heavy (non-hydrogen) atoms. The predicted octanol–water partition coefficient (Wildman–Crippen LogP) is 2.59. The lowest BCUT2D eigenvalue weighted by Gasteiger charge is -2.01. The molecule has 0 fully saturated rings. The Hall–Kier alpha value is -1.02. The summed E-state index contributed by atoms with van der Waals surface area (Å²) in [5, 5.41) is 0. The fourth-order valence-electron chi connectivity index (χ4n) is 0.939. The van der Waals surface area contributed by atoms with E-state index in [1.54, 1.807) is 0 Å². The second-order valence-corrected chi connectivity index (χ2v) is 5.74. The molecule has 0 heterocycles. The molecule has 0 aliphatic carbocycles. The van der Waals surface area contributed by atoms with Crippen molar-refractivity contribution in [3.05, 3.63) is 42.2 Å². The lowest BCUT2D eigenvalue weighted by Crippen LogP contribution is -1.96. The van der Waals surface area contributed by atoms with Crippen molar-refractivity contribution in [2.45, 2.75) is 19.4 Å². The zero-order valence-corrected chi connectivity index (χ0v) is 9.65. The van der Waals surface area contributed by atoms with Crippen LogP contribution in [0.15, 0.2) is 36.6 Å². The van der Waals surface area contributed by atoms with Crippen LogP contribution in [0.4, 0.5) is 0 Å². The van der Waals surface area contributed by atoms with Crippen molar-refractivity contribution in [2.24, 2.45) is 0 Å². The van der Waals surface area contributed by atoms with E-state index in [1.165, 1.54) is 5.56 Å². The van der Waals surface area contributed by atoms with E-state index in [-0.39, 0.29) is 9.76 Å². The van der Waals surface area contributed by atoms with Gasteiger partial charge in [-0.1, -0.05) is 44.2 Å². The Balaban J connectivity index is 2.33. The van der Waals surface area contributed by atoms with E-state index in [2.05, 4.69) is 26.0 Å². The van der Waals surface area contributed by atoms with E-state index in [9.17, 15) is 0 Å². The van der Waals surface area contributed by atoms with Gasteiger partial charge in [0.25, 0.3) is 0 Å². The Bertz CT molecular complexity index is 254. The van der Waals surface area contributed by atoms with Crippen LogP contribution in [0, 0.1) is 0 Å². The molecular weight excluding hydrogens is 176 g/mol. The maximum absolute atomic E-state index is 5.46.